The van der Waals surface area contributed by atoms with Gasteiger partial charge >= 0.3 is 5.97 Å². The lowest BCUT2D eigenvalue weighted by Crippen LogP contribution is -2.34. The van der Waals surface area contributed by atoms with Crippen LogP contribution in [0.4, 0.5) is 11.4 Å². The lowest BCUT2D eigenvalue weighted by molar-refractivity contribution is -0.384. The van der Waals surface area contributed by atoms with Crippen LogP contribution in [0.5, 0.6) is 0 Å². The number of anilines is 1. The molecule has 9 heteroatoms. The summed E-state index contributed by atoms with van der Waals surface area (Å²) in [6, 6.07) is 3.15. The molecule has 0 aliphatic rings. The quantitative estimate of drug-likeness (QED) is 0.402. The number of non-ortho nitro benzene ring substituents is 1. The molecule has 9 nitrogen and oxygen atoms in total. The molecule has 0 aromatic heterocycles. The number of nitrogens with one attached hydrogen (secondary N) is 1. The van der Waals surface area contributed by atoms with Gasteiger partial charge in [-0.2, -0.15) is 0 Å². The van der Waals surface area contributed by atoms with Crippen LogP contribution in [0.25, 0.3) is 0 Å². The van der Waals surface area contributed by atoms with Gasteiger partial charge in [0.25, 0.3) is 5.69 Å². The first-order chi connectivity index (χ1) is 8.82. The molecule has 19 heavy (non-hydrogen) atoms. The highest BCUT2D eigenvalue weighted by Gasteiger charge is 2.17. The van der Waals surface area contributed by atoms with E-state index < -0.39 is 22.9 Å². The molecular formula is C10H11N3O6. The zero-order chi connectivity index (χ0) is 14.6. The predicted molar refractivity (Wildman–Crippen MR) is 63.7 cm³/mol. The minimum absolute atomic E-state index is 0.0402. The molecule has 0 aliphatic carbocycles. The van der Waals surface area contributed by atoms with Gasteiger partial charge in [0.1, 0.15) is 6.10 Å². The predicted octanol–water partition coefficient (Wildman–Crippen LogP) is -0.449. The van der Waals surface area contributed by atoms with Gasteiger partial charge in [0.05, 0.1) is 10.5 Å². The van der Waals surface area contributed by atoms with Crippen LogP contribution >= 0.6 is 0 Å². The number of nitro groups is 1. The molecule has 1 atom stereocenters. The summed E-state index contributed by atoms with van der Waals surface area (Å²) in [5.41, 5.74) is 4.15. The summed E-state index contributed by atoms with van der Waals surface area (Å²) < 4.78 is 0. The molecule has 5 N–H and O–H groups in total. The van der Waals surface area contributed by atoms with Gasteiger partial charge in [-0.3, -0.25) is 14.9 Å². The van der Waals surface area contributed by atoms with Crippen molar-refractivity contribution in [2.45, 2.75) is 6.10 Å². The molecule has 0 saturated carbocycles. The van der Waals surface area contributed by atoms with E-state index in [1.165, 1.54) is 6.07 Å². The number of rotatable bonds is 6. The van der Waals surface area contributed by atoms with Crippen LogP contribution in [0.1, 0.15) is 10.4 Å². The van der Waals surface area contributed by atoms with Crippen molar-refractivity contribution in [3.63, 3.8) is 0 Å². The average Bonchev–Trinajstić information content (AvgIpc) is 2.35. The Kier molecular flexibility index (Phi) is 4.37. The first kappa shape index (κ1) is 14.4. The Morgan fingerprint density at radius 2 is 2.11 bits per heavy atom. The number of carboxylic acids is 1. The second kappa shape index (κ2) is 5.78. The van der Waals surface area contributed by atoms with E-state index in [2.05, 4.69) is 5.32 Å². The van der Waals surface area contributed by atoms with Crippen LogP contribution in [-0.2, 0) is 4.79 Å². The standard InChI is InChI=1S/C10H11N3O6/c11-9(15)8(14)4-12-7-2-1-5(13(18)19)3-6(7)10(16)17/h1-3,8,12,14H,4H2,(H2,11,15)(H,16,17). The third kappa shape index (κ3) is 3.64. The zero-order valence-corrected chi connectivity index (χ0v) is 9.57. The Morgan fingerprint density at radius 3 is 2.58 bits per heavy atom. The number of nitro benzene ring substituents is 1. The number of aliphatic hydroxyl groups excluding tert-OH is 1. The van der Waals surface area contributed by atoms with Crippen molar-refractivity contribution in [2.24, 2.45) is 5.73 Å². The Balaban J connectivity index is 2.97. The first-order valence-corrected chi connectivity index (χ1v) is 5.06. The fraction of sp³-hybridized carbons (Fsp3) is 0.200. The van der Waals surface area contributed by atoms with Gasteiger partial charge in [-0.25, -0.2) is 4.79 Å². The van der Waals surface area contributed by atoms with E-state index in [0.717, 1.165) is 12.1 Å². The van der Waals surface area contributed by atoms with E-state index in [0.29, 0.717) is 0 Å². The SMILES string of the molecule is NC(=O)C(O)CNc1ccc([N+](=O)[O-])cc1C(=O)O. The molecule has 0 saturated heterocycles. The summed E-state index contributed by atoms with van der Waals surface area (Å²) in [5, 5.41) is 31.1. The summed E-state index contributed by atoms with van der Waals surface area (Å²) >= 11 is 0. The maximum atomic E-state index is 11.0. The third-order valence-corrected chi connectivity index (χ3v) is 2.26. The Morgan fingerprint density at radius 1 is 1.47 bits per heavy atom. The molecule has 1 amide bonds. The number of hydrogen-bond donors (Lipinski definition) is 4. The van der Waals surface area contributed by atoms with Crippen molar-refractivity contribution < 1.29 is 24.7 Å². The molecule has 0 spiro atoms. The summed E-state index contributed by atoms with van der Waals surface area (Å²) in [6.07, 6.45) is -1.49. The first-order valence-electron chi connectivity index (χ1n) is 5.06. The number of aliphatic hydroxyl groups is 1. The van der Waals surface area contributed by atoms with Crippen molar-refractivity contribution in [2.75, 3.05) is 11.9 Å². The normalized spacial score (nSPS) is 11.6. The van der Waals surface area contributed by atoms with Gasteiger partial charge in [0, 0.05) is 24.4 Å². The van der Waals surface area contributed by atoms with E-state index in [1.54, 1.807) is 0 Å². The van der Waals surface area contributed by atoms with Gasteiger partial charge in [-0.15, -0.1) is 0 Å². The number of primary amides is 1. The number of carboxylic acid groups (broad SMARTS) is 1. The highest BCUT2D eigenvalue weighted by atomic mass is 16.6. The number of carbonyl (C=O) groups excluding carboxylic acids is 1. The van der Waals surface area contributed by atoms with E-state index in [-0.39, 0.29) is 23.5 Å². The average molecular weight is 269 g/mol. The number of nitrogens with two attached hydrogens (primary N) is 1. The molecule has 0 heterocycles. The molecule has 1 aromatic rings. The summed E-state index contributed by atoms with van der Waals surface area (Å²) in [7, 11) is 0. The molecule has 1 aromatic carbocycles. The molecular weight excluding hydrogens is 258 g/mol. The van der Waals surface area contributed by atoms with Crippen LogP contribution in [0.2, 0.25) is 0 Å². The highest BCUT2D eigenvalue weighted by molar-refractivity contribution is 5.95. The molecule has 0 fully saturated rings. The van der Waals surface area contributed by atoms with E-state index in [4.69, 9.17) is 15.9 Å². The molecule has 0 bridgehead atoms. The van der Waals surface area contributed by atoms with Crippen LogP contribution in [0.3, 0.4) is 0 Å². The summed E-state index contributed by atoms with van der Waals surface area (Å²) in [6.45, 7) is -0.298. The van der Waals surface area contributed by atoms with Gasteiger partial charge in [0.2, 0.25) is 5.91 Å². The van der Waals surface area contributed by atoms with Gasteiger partial charge in [0.15, 0.2) is 0 Å². The third-order valence-electron chi connectivity index (χ3n) is 2.26. The lowest BCUT2D eigenvalue weighted by atomic mass is 10.1. The Labute approximate surface area is 106 Å². The fourth-order valence-electron chi connectivity index (χ4n) is 1.28. The topological polar surface area (TPSA) is 156 Å². The van der Waals surface area contributed by atoms with Crippen molar-refractivity contribution in [1.29, 1.82) is 0 Å². The fourth-order valence-corrected chi connectivity index (χ4v) is 1.28. The maximum Gasteiger partial charge on any atom is 0.338 e. The van der Waals surface area contributed by atoms with Gasteiger partial charge < -0.3 is 21.3 Å². The largest absolute Gasteiger partial charge is 0.478 e. The number of benzene rings is 1. The molecule has 0 radical (unpaired) electrons. The summed E-state index contributed by atoms with van der Waals surface area (Å²) in [4.78, 5) is 31.4. The Hall–Kier alpha value is -2.68. The van der Waals surface area contributed by atoms with E-state index >= 15 is 0 Å². The smallest absolute Gasteiger partial charge is 0.338 e. The summed E-state index contributed by atoms with van der Waals surface area (Å²) in [5.74, 6) is -2.34. The van der Waals surface area contributed by atoms with Crippen LogP contribution in [0.15, 0.2) is 18.2 Å². The molecule has 1 rings (SSSR count). The van der Waals surface area contributed by atoms with Gasteiger partial charge in [-0.05, 0) is 6.07 Å². The monoisotopic (exact) mass is 269 g/mol. The molecule has 0 aliphatic heterocycles. The second-order valence-corrected chi connectivity index (χ2v) is 3.59. The minimum atomic E-state index is -1.49. The van der Waals surface area contributed by atoms with Crippen molar-refractivity contribution in [1.82, 2.24) is 0 Å². The van der Waals surface area contributed by atoms with Crippen LogP contribution in [-0.4, -0.2) is 39.7 Å². The molecule has 102 valence electrons. The van der Waals surface area contributed by atoms with E-state index in [9.17, 15) is 19.7 Å². The van der Waals surface area contributed by atoms with Crippen LogP contribution in [0, 0.1) is 10.1 Å². The minimum Gasteiger partial charge on any atom is -0.478 e. The maximum absolute atomic E-state index is 11.0. The van der Waals surface area contributed by atoms with Crippen LogP contribution < -0.4 is 11.1 Å². The zero-order valence-electron chi connectivity index (χ0n) is 9.57. The van der Waals surface area contributed by atoms with Crippen molar-refractivity contribution in [3.05, 3.63) is 33.9 Å². The van der Waals surface area contributed by atoms with Crippen molar-refractivity contribution in [3.8, 4) is 0 Å². The highest BCUT2D eigenvalue weighted by Crippen LogP contribution is 2.22. The number of amides is 1. The second-order valence-electron chi connectivity index (χ2n) is 3.59. The van der Waals surface area contributed by atoms with Gasteiger partial charge in [-0.1, -0.05) is 0 Å². The number of nitrogens with zero attached hydrogens (tertiary/aromatic N) is 1. The lowest BCUT2D eigenvalue weighted by Gasteiger charge is -2.11. The van der Waals surface area contributed by atoms with E-state index in [1.807, 2.05) is 0 Å². The molecule has 1 unspecified atom stereocenters. The number of carbonyl (C=O) groups is 2. The Bertz CT molecular complexity index is 530. The number of aromatic carboxylic acids is 1. The van der Waals surface area contributed by atoms with Crippen molar-refractivity contribution >= 4 is 23.3 Å². The number of hydrogen-bond acceptors (Lipinski definition) is 6.